The quantitative estimate of drug-likeness (QED) is 0.580. The van der Waals surface area contributed by atoms with Crippen molar-refractivity contribution >= 4 is 5.97 Å². The monoisotopic (exact) mass is 234 g/mol. The third kappa shape index (κ3) is 4.22. The Kier molecular flexibility index (Phi) is 4.73. The Hall–Kier alpha value is -1.31. The number of hydrogen-bond acceptors (Lipinski definition) is 2. The number of esters is 1. The first-order valence-corrected chi connectivity index (χ1v) is 6.22. The van der Waals surface area contributed by atoms with Gasteiger partial charge in [-0.15, -0.1) is 0 Å². The molecule has 1 aromatic rings. The highest BCUT2D eigenvalue weighted by molar-refractivity contribution is 5.75. The maximum atomic E-state index is 12.1. The first kappa shape index (κ1) is 13.8. The van der Waals surface area contributed by atoms with E-state index in [1.807, 2.05) is 30.3 Å². The molecule has 1 atom stereocenters. The van der Waals surface area contributed by atoms with Crippen LogP contribution in [-0.2, 0) is 4.79 Å². The summed E-state index contributed by atoms with van der Waals surface area (Å²) >= 11 is 0. The highest BCUT2D eigenvalue weighted by Gasteiger charge is 2.31. The predicted octanol–water partition coefficient (Wildman–Crippen LogP) is 4.05. The van der Waals surface area contributed by atoms with Crippen LogP contribution in [0.25, 0.3) is 0 Å². The van der Waals surface area contributed by atoms with Gasteiger partial charge in [0.05, 0.1) is 5.92 Å². The highest BCUT2D eigenvalue weighted by atomic mass is 16.5. The Bertz CT molecular complexity index is 349. The molecule has 1 aromatic carbocycles. The lowest BCUT2D eigenvalue weighted by atomic mass is 9.78. The van der Waals surface area contributed by atoms with Crippen LogP contribution in [0.15, 0.2) is 30.3 Å². The van der Waals surface area contributed by atoms with Gasteiger partial charge in [0.1, 0.15) is 5.75 Å². The third-order valence-corrected chi connectivity index (χ3v) is 2.87. The van der Waals surface area contributed by atoms with Crippen molar-refractivity contribution in [2.24, 2.45) is 11.3 Å². The molecule has 1 unspecified atom stereocenters. The number of benzene rings is 1. The van der Waals surface area contributed by atoms with E-state index >= 15 is 0 Å². The lowest BCUT2D eigenvalue weighted by Gasteiger charge is -2.28. The van der Waals surface area contributed by atoms with Gasteiger partial charge in [0.2, 0.25) is 0 Å². The number of hydrogen-bond donors (Lipinski definition) is 0. The second-order valence-corrected chi connectivity index (χ2v) is 5.44. The van der Waals surface area contributed by atoms with E-state index in [-0.39, 0.29) is 17.3 Å². The topological polar surface area (TPSA) is 26.3 Å². The molecule has 0 aromatic heterocycles. The average Bonchev–Trinajstić information content (AvgIpc) is 2.25. The number of carbonyl (C=O) groups is 1. The average molecular weight is 234 g/mol. The minimum Gasteiger partial charge on any atom is -0.426 e. The number of para-hydroxylation sites is 1. The fraction of sp³-hybridized carbons (Fsp3) is 0.533. The zero-order chi connectivity index (χ0) is 12.9. The van der Waals surface area contributed by atoms with E-state index in [0.29, 0.717) is 5.75 Å². The molecule has 0 aliphatic heterocycles. The van der Waals surface area contributed by atoms with Crippen LogP contribution in [-0.4, -0.2) is 5.97 Å². The van der Waals surface area contributed by atoms with E-state index in [2.05, 4.69) is 27.7 Å². The lowest BCUT2D eigenvalue weighted by Crippen LogP contribution is -2.31. The molecule has 0 fully saturated rings. The van der Waals surface area contributed by atoms with Crippen molar-refractivity contribution in [2.75, 3.05) is 0 Å². The summed E-state index contributed by atoms with van der Waals surface area (Å²) in [5.41, 5.74) is -0.0537. The van der Waals surface area contributed by atoms with Crippen LogP contribution in [0.5, 0.6) is 5.75 Å². The summed E-state index contributed by atoms with van der Waals surface area (Å²) in [6, 6.07) is 9.26. The van der Waals surface area contributed by atoms with Crippen LogP contribution in [0, 0.1) is 11.3 Å². The third-order valence-electron chi connectivity index (χ3n) is 2.87. The Morgan fingerprint density at radius 3 is 2.29 bits per heavy atom. The summed E-state index contributed by atoms with van der Waals surface area (Å²) in [5, 5.41) is 0. The Morgan fingerprint density at radius 1 is 1.24 bits per heavy atom. The summed E-state index contributed by atoms with van der Waals surface area (Å²) in [5.74, 6) is 0.459. The van der Waals surface area contributed by atoms with Crippen LogP contribution >= 0.6 is 0 Å². The second kappa shape index (κ2) is 5.85. The van der Waals surface area contributed by atoms with Crippen LogP contribution < -0.4 is 4.74 Å². The minimum absolute atomic E-state index is 0.0484. The zero-order valence-corrected chi connectivity index (χ0v) is 11.2. The maximum Gasteiger partial charge on any atom is 0.314 e. The summed E-state index contributed by atoms with van der Waals surface area (Å²) in [7, 11) is 0. The number of rotatable bonds is 4. The van der Waals surface area contributed by atoms with Gasteiger partial charge >= 0.3 is 5.97 Å². The molecule has 0 N–H and O–H groups in total. The molecular weight excluding hydrogens is 212 g/mol. The Labute approximate surface area is 104 Å². The van der Waals surface area contributed by atoms with Gasteiger partial charge < -0.3 is 4.74 Å². The molecule has 17 heavy (non-hydrogen) atoms. The van der Waals surface area contributed by atoms with Crippen molar-refractivity contribution in [3.8, 4) is 5.75 Å². The molecular formula is C15H22O2. The standard InChI is InChI=1S/C15H22O2/c1-5-9-13(15(2,3)4)14(16)17-12-10-7-6-8-11-12/h6-8,10-11,13H,5,9H2,1-4H3. The summed E-state index contributed by atoms with van der Waals surface area (Å²) in [4.78, 5) is 12.1. The summed E-state index contributed by atoms with van der Waals surface area (Å²) in [6.07, 6.45) is 1.86. The molecule has 0 spiro atoms. The number of carbonyl (C=O) groups excluding carboxylic acids is 1. The minimum atomic E-state index is -0.120. The molecule has 0 aliphatic carbocycles. The predicted molar refractivity (Wildman–Crippen MR) is 69.9 cm³/mol. The van der Waals surface area contributed by atoms with Crippen LogP contribution in [0.3, 0.4) is 0 Å². The molecule has 2 nitrogen and oxygen atoms in total. The summed E-state index contributed by atoms with van der Waals surface area (Å²) in [6.45, 7) is 8.34. The molecule has 94 valence electrons. The smallest absolute Gasteiger partial charge is 0.314 e. The van der Waals surface area contributed by atoms with Crippen molar-refractivity contribution in [1.82, 2.24) is 0 Å². The molecule has 0 radical (unpaired) electrons. The summed E-state index contributed by atoms with van der Waals surface area (Å²) < 4.78 is 5.42. The van der Waals surface area contributed by atoms with Crippen molar-refractivity contribution in [1.29, 1.82) is 0 Å². The van der Waals surface area contributed by atoms with Crippen molar-refractivity contribution in [2.45, 2.75) is 40.5 Å². The number of ether oxygens (including phenoxy) is 1. The first-order chi connectivity index (χ1) is 7.95. The molecule has 0 amide bonds. The van der Waals surface area contributed by atoms with E-state index in [1.165, 1.54) is 0 Å². The molecule has 0 bridgehead atoms. The Morgan fingerprint density at radius 2 is 1.82 bits per heavy atom. The Balaban J connectivity index is 2.73. The molecule has 0 saturated carbocycles. The van der Waals surface area contributed by atoms with Gasteiger partial charge in [0, 0.05) is 0 Å². The molecule has 0 heterocycles. The van der Waals surface area contributed by atoms with Gasteiger partial charge in [-0.2, -0.15) is 0 Å². The van der Waals surface area contributed by atoms with Crippen molar-refractivity contribution in [3.05, 3.63) is 30.3 Å². The van der Waals surface area contributed by atoms with Gasteiger partial charge in [-0.1, -0.05) is 52.3 Å². The zero-order valence-electron chi connectivity index (χ0n) is 11.2. The van der Waals surface area contributed by atoms with Crippen LogP contribution in [0.4, 0.5) is 0 Å². The van der Waals surface area contributed by atoms with E-state index in [0.717, 1.165) is 12.8 Å². The second-order valence-electron chi connectivity index (χ2n) is 5.44. The normalized spacial score (nSPS) is 13.2. The fourth-order valence-electron chi connectivity index (χ4n) is 1.87. The van der Waals surface area contributed by atoms with Crippen molar-refractivity contribution < 1.29 is 9.53 Å². The first-order valence-electron chi connectivity index (χ1n) is 6.22. The molecule has 0 saturated heterocycles. The SMILES string of the molecule is CCCC(C(=O)Oc1ccccc1)C(C)(C)C. The van der Waals surface area contributed by atoms with Crippen molar-refractivity contribution in [3.63, 3.8) is 0 Å². The van der Waals surface area contributed by atoms with E-state index in [4.69, 9.17) is 4.74 Å². The van der Waals surface area contributed by atoms with Crippen LogP contribution in [0.1, 0.15) is 40.5 Å². The fourth-order valence-corrected chi connectivity index (χ4v) is 1.87. The lowest BCUT2D eigenvalue weighted by molar-refractivity contribution is -0.142. The highest BCUT2D eigenvalue weighted by Crippen LogP contribution is 2.31. The van der Waals surface area contributed by atoms with Crippen LogP contribution in [0.2, 0.25) is 0 Å². The van der Waals surface area contributed by atoms with E-state index < -0.39 is 0 Å². The largest absolute Gasteiger partial charge is 0.426 e. The van der Waals surface area contributed by atoms with Gasteiger partial charge in [-0.25, -0.2) is 0 Å². The van der Waals surface area contributed by atoms with Gasteiger partial charge in [-0.3, -0.25) is 4.79 Å². The van der Waals surface area contributed by atoms with Gasteiger partial charge in [0.25, 0.3) is 0 Å². The van der Waals surface area contributed by atoms with E-state index in [9.17, 15) is 4.79 Å². The van der Waals surface area contributed by atoms with E-state index in [1.54, 1.807) is 0 Å². The van der Waals surface area contributed by atoms with Gasteiger partial charge in [-0.05, 0) is 24.0 Å². The van der Waals surface area contributed by atoms with Gasteiger partial charge in [0.15, 0.2) is 0 Å². The maximum absolute atomic E-state index is 12.1. The molecule has 0 aliphatic rings. The molecule has 1 rings (SSSR count). The molecule has 2 heteroatoms.